The summed E-state index contributed by atoms with van der Waals surface area (Å²) in [5, 5.41) is 11.7. The number of nitrogens with zero attached hydrogens (tertiary/aromatic N) is 1. The van der Waals surface area contributed by atoms with E-state index in [-0.39, 0.29) is 5.75 Å². The summed E-state index contributed by atoms with van der Waals surface area (Å²) in [5.41, 5.74) is 11.2. The maximum absolute atomic E-state index is 12.5. The summed E-state index contributed by atoms with van der Waals surface area (Å²) in [6, 6.07) is -2.42. The molecule has 0 aromatic heterocycles. The van der Waals surface area contributed by atoms with Crippen molar-refractivity contribution in [3.05, 3.63) is 0 Å². The molecule has 1 aliphatic rings. The number of hydrogen-bond donors (Lipinski definition) is 5. The number of hydrogen-bond acceptors (Lipinski definition) is 6. The van der Waals surface area contributed by atoms with Crippen LogP contribution in [0.3, 0.4) is 0 Å². The van der Waals surface area contributed by atoms with E-state index in [2.05, 4.69) is 17.9 Å². The van der Waals surface area contributed by atoms with Gasteiger partial charge in [0, 0.05) is 12.3 Å². The van der Waals surface area contributed by atoms with Gasteiger partial charge < -0.3 is 26.8 Å². The maximum Gasteiger partial charge on any atom is 0.326 e. The molecule has 0 aromatic carbocycles. The van der Waals surface area contributed by atoms with E-state index in [0.29, 0.717) is 32.4 Å². The first-order valence-corrected chi connectivity index (χ1v) is 8.45. The maximum atomic E-state index is 12.5. The number of nitrogens with two attached hydrogens (primary N) is 2. The topological polar surface area (TPSA) is 139 Å². The molecule has 6 N–H and O–H groups in total. The molecule has 1 aliphatic heterocycles. The number of carbonyl (C=O) groups is 3. The van der Waals surface area contributed by atoms with E-state index in [1.165, 1.54) is 4.90 Å². The summed E-state index contributed by atoms with van der Waals surface area (Å²) >= 11 is 4.09. The third-order valence-corrected chi connectivity index (χ3v) is 4.29. The quantitative estimate of drug-likeness (QED) is 0.266. The lowest BCUT2D eigenvalue weighted by Crippen LogP contribution is -2.55. The third-order valence-electron chi connectivity index (χ3n) is 3.92. The van der Waals surface area contributed by atoms with Crippen LogP contribution in [0.4, 0.5) is 0 Å². The zero-order valence-corrected chi connectivity index (χ0v) is 14.0. The fraction of sp³-hybridized carbons (Fsp3) is 0.786. The Labute approximate surface area is 141 Å². The van der Waals surface area contributed by atoms with E-state index in [1.54, 1.807) is 0 Å². The molecule has 0 bridgehead atoms. The summed E-state index contributed by atoms with van der Waals surface area (Å²) in [5.74, 6) is -1.80. The number of carboxylic acid groups (broad SMARTS) is 1. The number of amides is 2. The molecule has 0 spiro atoms. The summed E-state index contributed by atoms with van der Waals surface area (Å²) in [7, 11) is 0. The van der Waals surface area contributed by atoms with Gasteiger partial charge in [0.25, 0.3) is 0 Å². The molecule has 0 saturated carbocycles. The molecule has 0 radical (unpaired) electrons. The van der Waals surface area contributed by atoms with Crippen LogP contribution in [0.1, 0.15) is 32.1 Å². The largest absolute Gasteiger partial charge is 0.480 e. The molecule has 1 saturated heterocycles. The van der Waals surface area contributed by atoms with Crippen molar-refractivity contribution in [1.29, 1.82) is 0 Å². The molecule has 2 amide bonds. The normalized spacial score (nSPS) is 20.1. The molecule has 9 heteroatoms. The number of likely N-dealkylation sites (tertiary alicyclic amines) is 1. The van der Waals surface area contributed by atoms with Crippen molar-refractivity contribution >= 4 is 30.4 Å². The Hall–Kier alpha value is -1.32. The molecule has 3 atom stereocenters. The van der Waals surface area contributed by atoms with Crippen molar-refractivity contribution in [2.45, 2.75) is 50.2 Å². The van der Waals surface area contributed by atoms with Gasteiger partial charge in [-0.1, -0.05) is 6.42 Å². The van der Waals surface area contributed by atoms with Gasteiger partial charge in [0.2, 0.25) is 11.8 Å². The molecule has 0 aliphatic carbocycles. The lowest BCUT2D eigenvalue weighted by molar-refractivity contribution is -0.149. The molecular formula is C14H26N4O4S. The van der Waals surface area contributed by atoms with Crippen LogP contribution in [-0.2, 0) is 14.4 Å². The molecule has 0 aromatic rings. The second-order valence-electron chi connectivity index (χ2n) is 5.66. The minimum atomic E-state index is -1.03. The first-order chi connectivity index (χ1) is 10.9. The summed E-state index contributed by atoms with van der Waals surface area (Å²) in [6.07, 6.45) is 3.06. The van der Waals surface area contributed by atoms with Crippen molar-refractivity contribution in [3.8, 4) is 0 Å². The van der Waals surface area contributed by atoms with Gasteiger partial charge in [0.15, 0.2) is 0 Å². The number of aliphatic carboxylic acids is 1. The molecule has 0 unspecified atom stereocenters. The highest BCUT2D eigenvalue weighted by atomic mass is 32.1. The van der Waals surface area contributed by atoms with Crippen molar-refractivity contribution < 1.29 is 19.5 Å². The summed E-state index contributed by atoms with van der Waals surface area (Å²) in [4.78, 5) is 37.0. The molecule has 1 fully saturated rings. The summed E-state index contributed by atoms with van der Waals surface area (Å²) < 4.78 is 0. The highest BCUT2D eigenvalue weighted by Gasteiger charge is 2.37. The van der Waals surface area contributed by atoms with E-state index in [4.69, 9.17) is 16.6 Å². The summed E-state index contributed by atoms with van der Waals surface area (Å²) in [6.45, 7) is 0.913. The van der Waals surface area contributed by atoms with Crippen LogP contribution in [0.25, 0.3) is 0 Å². The Kier molecular flexibility index (Phi) is 8.35. The van der Waals surface area contributed by atoms with Gasteiger partial charge in [-0.15, -0.1) is 0 Å². The van der Waals surface area contributed by atoms with Gasteiger partial charge in [0.1, 0.15) is 12.1 Å². The second-order valence-corrected chi connectivity index (χ2v) is 6.03. The van der Waals surface area contributed by atoms with Gasteiger partial charge in [-0.25, -0.2) is 4.79 Å². The lowest BCUT2D eigenvalue weighted by atomic mass is 10.1. The van der Waals surface area contributed by atoms with Gasteiger partial charge in [-0.05, 0) is 32.2 Å². The van der Waals surface area contributed by atoms with Crippen LogP contribution >= 0.6 is 12.6 Å². The van der Waals surface area contributed by atoms with E-state index < -0.39 is 35.9 Å². The van der Waals surface area contributed by atoms with Crippen molar-refractivity contribution in [2.24, 2.45) is 11.5 Å². The van der Waals surface area contributed by atoms with E-state index >= 15 is 0 Å². The van der Waals surface area contributed by atoms with Crippen LogP contribution in [0, 0.1) is 0 Å². The Bertz CT molecular complexity index is 435. The first-order valence-electron chi connectivity index (χ1n) is 7.82. The fourth-order valence-electron chi connectivity index (χ4n) is 2.59. The Morgan fingerprint density at radius 3 is 2.61 bits per heavy atom. The number of nitrogens with one attached hydrogen (secondary N) is 1. The van der Waals surface area contributed by atoms with Crippen molar-refractivity contribution in [1.82, 2.24) is 10.2 Å². The predicted molar refractivity (Wildman–Crippen MR) is 89.0 cm³/mol. The smallest absolute Gasteiger partial charge is 0.326 e. The minimum Gasteiger partial charge on any atom is -0.480 e. The molecule has 8 nitrogen and oxygen atoms in total. The average Bonchev–Trinajstić information content (AvgIpc) is 3.01. The van der Waals surface area contributed by atoms with Gasteiger partial charge >= 0.3 is 5.97 Å². The van der Waals surface area contributed by atoms with Crippen LogP contribution in [0.2, 0.25) is 0 Å². The van der Waals surface area contributed by atoms with Gasteiger partial charge in [-0.3, -0.25) is 9.59 Å². The molecule has 132 valence electrons. The zero-order chi connectivity index (χ0) is 17.4. The number of rotatable bonds is 9. The average molecular weight is 346 g/mol. The van der Waals surface area contributed by atoms with Gasteiger partial charge in [0.05, 0.1) is 6.04 Å². The van der Waals surface area contributed by atoms with Crippen molar-refractivity contribution in [2.75, 3.05) is 18.8 Å². The highest BCUT2D eigenvalue weighted by Crippen LogP contribution is 2.18. The molecule has 23 heavy (non-hydrogen) atoms. The third kappa shape index (κ3) is 5.67. The van der Waals surface area contributed by atoms with Crippen LogP contribution in [0.5, 0.6) is 0 Å². The van der Waals surface area contributed by atoms with E-state index in [9.17, 15) is 14.4 Å². The Morgan fingerprint density at radius 1 is 1.35 bits per heavy atom. The molecule has 1 rings (SSSR count). The van der Waals surface area contributed by atoms with Crippen LogP contribution in [-0.4, -0.2) is 64.8 Å². The first kappa shape index (κ1) is 19.7. The Balaban J connectivity index is 2.60. The molecule has 1 heterocycles. The lowest BCUT2D eigenvalue weighted by Gasteiger charge is -2.27. The fourth-order valence-corrected chi connectivity index (χ4v) is 2.84. The monoisotopic (exact) mass is 346 g/mol. The number of unbranched alkanes of at least 4 members (excludes halogenated alkanes) is 1. The van der Waals surface area contributed by atoms with E-state index in [1.807, 2.05) is 0 Å². The minimum absolute atomic E-state index is 0.0862. The number of carbonyl (C=O) groups excluding carboxylic acids is 2. The number of thiol groups is 1. The van der Waals surface area contributed by atoms with Crippen molar-refractivity contribution in [3.63, 3.8) is 0 Å². The SMILES string of the molecule is NCCCC[C@H](N)C(=O)N[C@@H](CS)C(=O)N1CCC[C@@H]1C(=O)O. The number of carboxylic acids is 1. The standard InChI is InChI=1S/C14H26N4O4S/c15-6-2-1-4-9(16)12(19)17-10(8-23)13(20)18-7-3-5-11(18)14(21)22/h9-11,23H,1-8,15-16H2,(H,17,19)(H,21,22)/t9-,10-,11+/m0/s1. The highest BCUT2D eigenvalue weighted by molar-refractivity contribution is 7.80. The van der Waals surface area contributed by atoms with Crippen LogP contribution in [0.15, 0.2) is 0 Å². The van der Waals surface area contributed by atoms with Crippen LogP contribution < -0.4 is 16.8 Å². The van der Waals surface area contributed by atoms with E-state index in [0.717, 1.165) is 12.8 Å². The second kappa shape index (κ2) is 9.74. The molecular weight excluding hydrogens is 320 g/mol. The van der Waals surface area contributed by atoms with Gasteiger partial charge in [-0.2, -0.15) is 12.6 Å². The Morgan fingerprint density at radius 2 is 2.04 bits per heavy atom. The predicted octanol–water partition coefficient (Wildman–Crippen LogP) is -1.07. The zero-order valence-electron chi connectivity index (χ0n) is 13.1.